The van der Waals surface area contributed by atoms with Crippen molar-refractivity contribution in [2.24, 2.45) is 0 Å². The summed E-state index contributed by atoms with van der Waals surface area (Å²) in [7, 11) is 3.38. The van der Waals surface area contributed by atoms with Crippen molar-refractivity contribution >= 4 is 40.6 Å². The highest BCUT2D eigenvalue weighted by Crippen LogP contribution is 2.31. The lowest BCUT2D eigenvalue weighted by molar-refractivity contribution is 0.183. The molecule has 72 valence electrons. The normalized spacial score (nSPS) is 14.2. The maximum Gasteiger partial charge on any atom is 0.216 e. The van der Waals surface area contributed by atoms with E-state index >= 15 is 0 Å². The number of nitrogens with one attached hydrogen (secondary N) is 1. The third-order valence-corrected chi connectivity index (χ3v) is 2.06. The molecule has 0 radical (unpaired) electrons. The van der Waals surface area contributed by atoms with Gasteiger partial charge in [-0.2, -0.15) is 0 Å². The van der Waals surface area contributed by atoms with Gasteiger partial charge >= 0.3 is 0 Å². The number of aliphatic hydroxyl groups excluding tert-OH is 1. The van der Waals surface area contributed by atoms with Crippen molar-refractivity contribution in [2.75, 3.05) is 14.1 Å². The number of halogens is 3. The highest BCUT2D eigenvalue weighted by molar-refractivity contribution is 6.68. The molecule has 0 bridgehead atoms. The molecule has 0 aromatic rings. The maximum absolute atomic E-state index is 9.24. The zero-order chi connectivity index (χ0) is 9.94. The van der Waals surface area contributed by atoms with Crippen LogP contribution in [0.5, 0.6) is 0 Å². The van der Waals surface area contributed by atoms with Crippen molar-refractivity contribution in [3.8, 4) is 0 Å². The summed E-state index contributed by atoms with van der Waals surface area (Å²) in [5.41, 5.74) is 0. The molecule has 0 aromatic carbocycles. The van der Waals surface area contributed by atoms with Crippen LogP contribution in [-0.4, -0.2) is 39.8 Å². The third kappa shape index (κ3) is 4.36. The van der Waals surface area contributed by atoms with Crippen LogP contribution in [0.3, 0.4) is 0 Å². The van der Waals surface area contributed by atoms with Crippen LogP contribution >= 0.6 is 34.8 Å². The lowest BCUT2D eigenvalue weighted by Gasteiger charge is -2.21. The predicted molar refractivity (Wildman–Crippen MR) is 52.3 cm³/mol. The van der Waals surface area contributed by atoms with Gasteiger partial charge in [-0.05, 0) is 0 Å². The van der Waals surface area contributed by atoms with Gasteiger partial charge in [-0.1, -0.05) is 34.8 Å². The van der Waals surface area contributed by atoms with E-state index in [-0.39, 0.29) is 12.3 Å². The standard InChI is InChI=1S/C6H11Cl3N2O/c1-11(2)5(10)3-4(12)6(7,8)9/h4,10,12H,3H2,1-2H3. The van der Waals surface area contributed by atoms with Crippen molar-refractivity contribution < 1.29 is 5.11 Å². The Labute approximate surface area is 86.7 Å². The minimum Gasteiger partial charge on any atom is -0.388 e. The second-order valence-electron chi connectivity index (χ2n) is 2.60. The zero-order valence-electron chi connectivity index (χ0n) is 6.81. The molecular weight excluding hydrogens is 222 g/mol. The number of amidine groups is 1. The van der Waals surface area contributed by atoms with Crippen molar-refractivity contribution in [3.63, 3.8) is 0 Å². The quantitative estimate of drug-likeness (QED) is 0.433. The molecule has 0 rings (SSSR count). The average molecular weight is 234 g/mol. The van der Waals surface area contributed by atoms with Crippen LogP contribution in [0, 0.1) is 5.41 Å². The summed E-state index contributed by atoms with van der Waals surface area (Å²) in [6, 6.07) is 0. The van der Waals surface area contributed by atoms with Gasteiger partial charge in [0.2, 0.25) is 3.79 Å². The zero-order valence-corrected chi connectivity index (χ0v) is 9.08. The smallest absolute Gasteiger partial charge is 0.216 e. The number of rotatable bonds is 2. The van der Waals surface area contributed by atoms with Gasteiger partial charge in [0.05, 0.1) is 5.84 Å². The Balaban J connectivity index is 4.02. The summed E-state index contributed by atoms with van der Waals surface area (Å²) in [6.07, 6.45) is -1.11. The molecule has 0 amide bonds. The van der Waals surface area contributed by atoms with Crippen LogP contribution in [0.4, 0.5) is 0 Å². The molecule has 0 aliphatic heterocycles. The summed E-state index contributed by atoms with van der Waals surface area (Å²) in [5.74, 6) is 0.217. The van der Waals surface area contributed by atoms with Crippen molar-refractivity contribution in [1.29, 1.82) is 5.41 Å². The Kier molecular flexibility index (Phi) is 4.62. The minimum atomic E-state index is -1.72. The average Bonchev–Trinajstić information content (AvgIpc) is 1.85. The first kappa shape index (κ1) is 12.3. The summed E-state index contributed by atoms with van der Waals surface area (Å²) in [5, 5.41) is 16.6. The Bertz CT molecular complexity index is 167. The van der Waals surface area contributed by atoms with E-state index in [0.717, 1.165) is 0 Å². The van der Waals surface area contributed by atoms with Crippen LogP contribution in [0.25, 0.3) is 0 Å². The van der Waals surface area contributed by atoms with Crippen LogP contribution in [0.1, 0.15) is 6.42 Å². The molecule has 12 heavy (non-hydrogen) atoms. The fourth-order valence-electron chi connectivity index (χ4n) is 0.481. The van der Waals surface area contributed by atoms with E-state index in [2.05, 4.69) is 0 Å². The number of aliphatic hydroxyl groups is 1. The second kappa shape index (κ2) is 4.51. The van der Waals surface area contributed by atoms with E-state index < -0.39 is 9.90 Å². The van der Waals surface area contributed by atoms with E-state index in [4.69, 9.17) is 40.2 Å². The number of nitrogens with zero attached hydrogens (tertiary/aromatic N) is 1. The van der Waals surface area contributed by atoms with Gasteiger partial charge in [-0.3, -0.25) is 5.41 Å². The van der Waals surface area contributed by atoms with Crippen LogP contribution in [-0.2, 0) is 0 Å². The monoisotopic (exact) mass is 232 g/mol. The molecule has 0 aliphatic rings. The van der Waals surface area contributed by atoms with Crippen LogP contribution < -0.4 is 0 Å². The highest BCUT2D eigenvalue weighted by Gasteiger charge is 2.31. The minimum absolute atomic E-state index is 0.0312. The molecule has 0 fully saturated rings. The second-order valence-corrected chi connectivity index (χ2v) is 4.97. The molecule has 0 saturated carbocycles. The van der Waals surface area contributed by atoms with E-state index in [1.807, 2.05) is 0 Å². The first-order chi connectivity index (χ1) is 5.25. The van der Waals surface area contributed by atoms with Gasteiger partial charge in [0.25, 0.3) is 0 Å². The molecule has 1 unspecified atom stereocenters. The first-order valence-corrected chi connectivity index (χ1v) is 4.38. The number of hydrogen-bond donors (Lipinski definition) is 2. The third-order valence-electron chi connectivity index (χ3n) is 1.30. The Morgan fingerprint density at radius 3 is 2.17 bits per heavy atom. The van der Waals surface area contributed by atoms with Gasteiger partial charge in [0, 0.05) is 20.5 Å². The Morgan fingerprint density at radius 1 is 1.50 bits per heavy atom. The van der Waals surface area contributed by atoms with Crippen molar-refractivity contribution in [2.45, 2.75) is 16.3 Å². The van der Waals surface area contributed by atoms with Gasteiger partial charge in [0.1, 0.15) is 6.10 Å². The summed E-state index contributed by atoms with van der Waals surface area (Å²) >= 11 is 16.2. The first-order valence-electron chi connectivity index (χ1n) is 3.24. The molecule has 1 atom stereocenters. The molecular formula is C6H11Cl3N2O. The molecule has 0 saturated heterocycles. The molecule has 6 heteroatoms. The van der Waals surface area contributed by atoms with Gasteiger partial charge in [-0.25, -0.2) is 0 Å². The number of hydrogen-bond acceptors (Lipinski definition) is 2. The van der Waals surface area contributed by atoms with E-state index in [1.165, 1.54) is 0 Å². The van der Waals surface area contributed by atoms with E-state index in [0.29, 0.717) is 0 Å². The molecule has 0 aromatic heterocycles. The van der Waals surface area contributed by atoms with Gasteiger partial charge in [-0.15, -0.1) is 0 Å². The molecule has 2 N–H and O–H groups in total. The summed E-state index contributed by atoms with van der Waals surface area (Å²) in [4.78, 5) is 1.54. The number of alkyl halides is 3. The van der Waals surface area contributed by atoms with Crippen molar-refractivity contribution in [3.05, 3.63) is 0 Å². The lowest BCUT2D eigenvalue weighted by atomic mass is 10.2. The summed E-state index contributed by atoms with van der Waals surface area (Å²) in [6.45, 7) is 0. The van der Waals surface area contributed by atoms with E-state index in [9.17, 15) is 5.11 Å². The lowest BCUT2D eigenvalue weighted by Crippen LogP contribution is -2.32. The van der Waals surface area contributed by atoms with E-state index in [1.54, 1.807) is 19.0 Å². The van der Waals surface area contributed by atoms with Crippen molar-refractivity contribution in [1.82, 2.24) is 4.90 Å². The molecule has 0 aliphatic carbocycles. The summed E-state index contributed by atoms with van der Waals surface area (Å²) < 4.78 is -1.72. The molecule has 0 heterocycles. The molecule has 0 spiro atoms. The van der Waals surface area contributed by atoms with Gasteiger partial charge in [0.15, 0.2) is 0 Å². The Morgan fingerprint density at radius 2 is 1.92 bits per heavy atom. The van der Waals surface area contributed by atoms with Crippen LogP contribution in [0.2, 0.25) is 0 Å². The largest absolute Gasteiger partial charge is 0.388 e. The van der Waals surface area contributed by atoms with Crippen LogP contribution in [0.15, 0.2) is 0 Å². The maximum atomic E-state index is 9.24. The highest BCUT2D eigenvalue weighted by atomic mass is 35.6. The predicted octanol–water partition coefficient (Wildman–Crippen LogP) is 1.65. The SMILES string of the molecule is CN(C)C(=N)CC(O)C(Cl)(Cl)Cl. The van der Waals surface area contributed by atoms with Gasteiger partial charge < -0.3 is 10.0 Å². The Hall–Kier alpha value is 0.300. The topological polar surface area (TPSA) is 47.3 Å². The fourth-order valence-corrected chi connectivity index (χ4v) is 0.713. The molecule has 3 nitrogen and oxygen atoms in total. The fraction of sp³-hybridized carbons (Fsp3) is 0.833.